The number of nitrogens with two attached hydrogens (primary N) is 1. The SMILES string of the molecule is Cc1cc(N)nc(C)c1CNC(=O)C1=CC(S(=O)(=O)N2CCOCC2)CN1. The van der Waals surface area contributed by atoms with Crippen molar-refractivity contribution in [3.8, 4) is 0 Å². The fraction of sp³-hybridized carbons (Fsp3) is 0.529. The number of nitrogens with one attached hydrogen (secondary N) is 2. The summed E-state index contributed by atoms with van der Waals surface area (Å²) in [5.41, 5.74) is 8.59. The maximum Gasteiger partial charge on any atom is 0.267 e. The molecule has 4 N–H and O–H groups in total. The van der Waals surface area contributed by atoms with Crippen molar-refractivity contribution in [2.45, 2.75) is 25.6 Å². The van der Waals surface area contributed by atoms with Crippen LogP contribution < -0.4 is 16.4 Å². The first kappa shape index (κ1) is 19.6. The fourth-order valence-corrected chi connectivity index (χ4v) is 4.92. The number of hydrogen-bond donors (Lipinski definition) is 3. The number of aryl methyl sites for hydroxylation is 2. The number of nitrogen functional groups attached to an aromatic ring is 1. The van der Waals surface area contributed by atoms with E-state index in [4.69, 9.17) is 10.5 Å². The quantitative estimate of drug-likeness (QED) is 0.608. The van der Waals surface area contributed by atoms with E-state index in [-0.39, 0.29) is 18.1 Å². The second-order valence-electron chi connectivity index (χ2n) is 6.67. The van der Waals surface area contributed by atoms with Crippen LogP contribution in [-0.2, 0) is 26.1 Å². The van der Waals surface area contributed by atoms with E-state index in [0.717, 1.165) is 16.8 Å². The van der Waals surface area contributed by atoms with Crippen LogP contribution in [0.25, 0.3) is 0 Å². The molecule has 0 saturated carbocycles. The number of carbonyl (C=O) groups excluding carboxylic acids is 1. The van der Waals surface area contributed by atoms with Gasteiger partial charge in [-0.1, -0.05) is 0 Å². The first-order chi connectivity index (χ1) is 12.8. The lowest BCUT2D eigenvalue weighted by Gasteiger charge is -2.27. The molecule has 148 valence electrons. The van der Waals surface area contributed by atoms with Gasteiger partial charge in [0.15, 0.2) is 0 Å². The Morgan fingerprint density at radius 2 is 2.11 bits per heavy atom. The molecule has 0 aromatic carbocycles. The van der Waals surface area contributed by atoms with Crippen LogP contribution in [0.3, 0.4) is 0 Å². The molecule has 0 aliphatic carbocycles. The first-order valence-electron chi connectivity index (χ1n) is 8.82. The molecule has 3 heterocycles. The molecule has 2 aliphatic heterocycles. The maximum atomic E-state index is 12.7. The van der Waals surface area contributed by atoms with E-state index in [1.54, 1.807) is 6.07 Å². The van der Waals surface area contributed by atoms with Gasteiger partial charge in [0, 0.05) is 31.9 Å². The van der Waals surface area contributed by atoms with Gasteiger partial charge in [-0.2, -0.15) is 4.31 Å². The topological polar surface area (TPSA) is 127 Å². The molecule has 10 heteroatoms. The number of anilines is 1. The minimum Gasteiger partial charge on any atom is -0.384 e. The summed E-state index contributed by atoms with van der Waals surface area (Å²) in [6.07, 6.45) is 1.49. The summed E-state index contributed by atoms with van der Waals surface area (Å²) in [6, 6.07) is 1.76. The van der Waals surface area contributed by atoms with Gasteiger partial charge in [0.2, 0.25) is 10.0 Å². The third-order valence-corrected chi connectivity index (χ3v) is 6.96. The Bertz CT molecular complexity index is 839. The van der Waals surface area contributed by atoms with Gasteiger partial charge in [0.25, 0.3) is 5.91 Å². The molecular weight excluding hydrogens is 370 g/mol. The standard InChI is InChI=1S/C17H25N5O4S/c1-11-7-16(18)21-12(2)14(11)10-20-17(23)15-8-13(9-19-15)27(24,25)22-3-5-26-6-4-22/h7-8,13,19H,3-6,9-10H2,1-2H3,(H2,18,21)(H,20,23). The number of rotatable bonds is 5. The van der Waals surface area contributed by atoms with Gasteiger partial charge in [0.05, 0.1) is 18.9 Å². The van der Waals surface area contributed by atoms with Crippen molar-refractivity contribution in [3.63, 3.8) is 0 Å². The fourth-order valence-electron chi connectivity index (χ4n) is 3.27. The van der Waals surface area contributed by atoms with E-state index in [2.05, 4.69) is 15.6 Å². The molecule has 3 rings (SSSR count). The lowest BCUT2D eigenvalue weighted by molar-refractivity contribution is -0.117. The van der Waals surface area contributed by atoms with Crippen molar-refractivity contribution in [2.24, 2.45) is 0 Å². The van der Waals surface area contributed by atoms with Crippen molar-refractivity contribution >= 4 is 21.7 Å². The number of ether oxygens (including phenoxy) is 1. The average Bonchev–Trinajstić information content (AvgIpc) is 3.12. The van der Waals surface area contributed by atoms with Crippen molar-refractivity contribution < 1.29 is 17.9 Å². The monoisotopic (exact) mass is 395 g/mol. The molecule has 0 spiro atoms. The highest BCUT2D eigenvalue weighted by Crippen LogP contribution is 2.18. The molecule has 1 unspecified atom stereocenters. The van der Waals surface area contributed by atoms with Crippen LogP contribution in [0.15, 0.2) is 17.8 Å². The van der Waals surface area contributed by atoms with Crippen LogP contribution in [0.5, 0.6) is 0 Å². The number of amides is 1. The highest BCUT2D eigenvalue weighted by Gasteiger charge is 2.35. The molecule has 0 bridgehead atoms. The van der Waals surface area contributed by atoms with Crippen LogP contribution in [0, 0.1) is 13.8 Å². The van der Waals surface area contributed by atoms with Gasteiger partial charge in [-0.15, -0.1) is 0 Å². The van der Waals surface area contributed by atoms with Crippen LogP contribution >= 0.6 is 0 Å². The van der Waals surface area contributed by atoms with Gasteiger partial charge >= 0.3 is 0 Å². The molecule has 1 saturated heterocycles. The third kappa shape index (κ3) is 4.23. The van der Waals surface area contributed by atoms with Crippen LogP contribution in [0.4, 0.5) is 5.82 Å². The van der Waals surface area contributed by atoms with Crippen molar-refractivity contribution in [1.29, 1.82) is 0 Å². The van der Waals surface area contributed by atoms with Gasteiger partial charge in [-0.05, 0) is 37.1 Å². The lowest BCUT2D eigenvalue weighted by atomic mass is 10.1. The van der Waals surface area contributed by atoms with Gasteiger partial charge in [-0.3, -0.25) is 4.79 Å². The molecule has 0 radical (unpaired) electrons. The Labute approximate surface area is 159 Å². The summed E-state index contributed by atoms with van der Waals surface area (Å²) in [7, 11) is -3.50. The highest BCUT2D eigenvalue weighted by molar-refractivity contribution is 7.90. The van der Waals surface area contributed by atoms with Gasteiger partial charge in [-0.25, -0.2) is 13.4 Å². The molecule has 9 nitrogen and oxygen atoms in total. The van der Waals surface area contributed by atoms with E-state index in [1.807, 2.05) is 13.8 Å². The number of pyridine rings is 1. The molecular formula is C17H25N5O4S. The lowest BCUT2D eigenvalue weighted by Crippen LogP contribution is -2.45. The Hall–Kier alpha value is -2.17. The van der Waals surface area contributed by atoms with Crippen molar-refractivity contribution in [3.05, 3.63) is 34.7 Å². The van der Waals surface area contributed by atoms with Crippen molar-refractivity contribution in [2.75, 3.05) is 38.6 Å². The third-order valence-electron chi connectivity index (χ3n) is 4.80. The average molecular weight is 395 g/mol. The van der Waals surface area contributed by atoms with E-state index >= 15 is 0 Å². The molecule has 1 aromatic rings. The predicted octanol–water partition coefficient (Wildman–Crippen LogP) is -0.585. The van der Waals surface area contributed by atoms with Gasteiger partial charge < -0.3 is 21.1 Å². The summed E-state index contributed by atoms with van der Waals surface area (Å²) in [6.45, 7) is 5.70. The van der Waals surface area contributed by atoms with Crippen LogP contribution in [0.1, 0.15) is 16.8 Å². The zero-order valence-corrected chi connectivity index (χ0v) is 16.3. The number of hydrogen-bond acceptors (Lipinski definition) is 7. The zero-order valence-electron chi connectivity index (χ0n) is 15.5. The van der Waals surface area contributed by atoms with Crippen LogP contribution in [-0.4, -0.2) is 61.7 Å². The molecule has 1 fully saturated rings. The predicted molar refractivity (Wildman–Crippen MR) is 101 cm³/mol. The zero-order chi connectivity index (χ0) is 19.6. The number of sulfonamides is 1. The Morgan fingerprint density at radius 3 is 2.78 bits per heavy atom. The molecule has 27 heavy (non-hydrogen) atoms. The number of nitrogens with zero attached hydrogens (tertiary/aromatic N) is 2. The Kier molecular flexibility index (Phi) is 5.68. The smallest absolute Gasteiger partial charge is 0.267 e. The Balaban J connectivity index is 1.65. The maximum absolute atomic E-state index is 12.7. The molecule has 2 aliphatic rings. The summed E-state index contributed by atoms with van der Waals surface area (Å²) in [4.78, 5) is 16.6. The second-order valence-corrected chi connectivity index (χ2v) is 8.82. The number of morpholine rings is 1. The minimum atomic E-state index is -3.50. The summed E-state index contributed by atoms with van der Waals surface area (Å²) >= 11 is 0. The summed E-state index contributed by atoms with van der Waals surface area (Å²) in [5, 5.41) is 4.97. The highest BCUT2D eigenvalue weighted by atomic mass is 32.2. The Morgan fingerprint density at radius 1 is 1.41 bits per heavy atom. The van der Waals surface area contributed by atoms with E-state index in [0.29, 0.717) is 38.7 Å². The second kappa shape index (κ2) is 7.83. The molecule has 1 aromatic heterocycles. The minimum absolute atomic E-state index is 0.184. The van der Waals surface area contributed by atoms with E-state index in [9.17, 15) is 13.2 Å². The van der Waals surface area contributed by atoms with Crippen molar-refractivity contribution in [1.82, 2.24) is 19.9 Å². The summed E-state index contributed by atoms with van der Waals surface area (Å²) < 4.78 is 32.0. The van der Waals surface area contributed by atoms with Crippen LogP contribution in [0.2, 0.25) is 0 Å². The molecule has 1 amide bonds. The normalized spacial score (nSPS) is 20.8. The number of carbonyl (C=O) groups is 1. The first-order valence-corrected chi connectivity index (χ1v) is 10.3. The summed E-state index contributed by atoms with van der Waals surface area (Å²) in [5.74, 6) is 0.0988. The molecule has 1 atom stereocenters. The van der Waals surface area contributed by atoms with Gasteiger partial charge in [0.1, 0.15) is 11.1 Å². The largest absolute Gasteiger partial charge is 0.384 e. The van der Waals surface area contributed by atoms with E-state index < -0.39 is 15.3 Å². The number of aromatic nitrogens is 1. The van der Waals surface area contributed by atoms with E-state index in [1.165, 1.54) is 10.4 Å².